The van der Waals surface area contributed by atoms with Crippen LogP contribution in [0.1, 0.15) is 48.2 Å². The molecule has 8 nitrogen and oxygen atoms in total. The van der Waals surface area contributed by atoms with Gasteiger partial charge in [0, 0.05) is 25.9 Å². The van der Waals surface area contributed by atoms with Gasteiger partial charge < -0.3 is 25.8 Å². The molecule has 5 rings (SSSR count). The van der Waals surface area contributed by atoms with E-state index in [2.05, 4.69) is 4.98 Å². The van der Waals surface area contributed by atoms with Gasteiger partial charge in [0.25, 0.3) is 11.8 Å². The Morgan fingerprint density at radius 3 is 2.48 bits per heavy atom. The van der Waals surface area contributed by atoms with Crippen molar-refractivity contribution in [3.8, 4) is 5.88 Å². The van der Waals surface area contributed by atoms with E-state index < -0.39 is 28.6 Å². The highest BCUT2D eigenvalue weighted by molar-refractivity contribution is 5.94. The maximum absolute atomic E-state index is 14.0. The van der Waals surface area contributed by atoms with Gasteiger partial charge in [0.2, 0.25) is 11.8 Å². The molecule has 1 atom stereocenters. The van der Waals surface area contributed by atoms with Gasteiger partial charge in [0.1, 0.15) is 11.4 Å². The molecule has 0 aromatic carbocycles. The van der Waals surface area contributed by atoms with Gasteiger partial charge in [-0.1, -0.05) is 0 Å². The van der Waals surface area contributed by atoms with E-state index in [1.165, 1.54) is 0 Å². The molecule has 2 saturated carbocycles. The SMILES string of the molecule is NC(=O)CC1(c2cc(N3CCC4(C3)CC4(F)F)c(OCC3CC3)nc2C(N)=O)COC1. The molecular formula is C21H26F2N4O4. The number of alkyl halides is 2. The van der Waals surface area contributed by atoms with Gasteiger partial charge in [0.15, 0.2) is 0 Å². The number of hydrogen-bond acceptors (Lipinski definition) is 6. The Bertz CT molecular complexity index is 948. The van der Waals surface area contributed by atoms with Crippen LogP contribution in [0.25, 0.3) is 0 Å². The number of carbonyl (C=O) groups is 2. The summed E-state index contributed by atoms with van der Waals surface area (Å²) >= 11 is 0. The second-order valence-corrected chi connectivity index (χ2v) is 9.58. The highest BCUT2D eigenvalue weighted by atomic mass is 19.3. The average molecular weight is 436 g/mol. The fourth-order valence-corrected chi connectivity index (χ4v) is 4.83. The van der Waals surface area contributed by atoms with Gasteiger partial charge in [-0.25, -0.2) is 13.8 Å². The van der Waals surface area contributed by atoms with Crippen molar-refractivity contribution in [2.24, 2.45) is 22.8 Å². The molecule has 2 amide bonds. The van der Waals surface area contributed by atoms with Crippen LogP contribution < -0.4 is 21.1 Å². The van der Waals surface area contributed by atoms with E-state index in [4.69, 9.17) is 20.9 Å². The summed E-state index contributed by atoms with van der Waals surface area (Å²) in [4.78, 5) is 30.3. The van der Waals surface area contributed by atoms with Gasteiger partial charge in [0.05, 0.1) is 30.7 Å². The van der Waals surface area contributed by atoms with E-state index in [1.54, 1.807) is 6.07 Å². The van der Waals surface area contributed by atoms with Crippen LogP contribution in [0.15, 0.2) is 6.07 Å². The van der Waals surface area contributed by atoms with Gasteiger partial charge in [-0.2, -0.15) is 0 Å². The third-order valence-corrected chi connectivity index (χ3v) is 7.10. The largest absolute Gasteiger partial charge is 0.476 e. The van der Waals surface area contributed by atoms with Crippen LogP contribution in [0.4, 0.5) is 14.5 Å². The predicted octanol–water partition coefficient (Wildman–Crippen LogP) is 1.35. The van der Waals surface area contributed by atoms with Crippen LogP contribution in [-0.2, 0) is 14.9 Å². The van der Waals surface area contributed by atoms with E-state index in [-0.39, 0.29) is 44.2 Å². The Hall–Kier alpha value is -2.49. The van der Waals surface area contributed by atoms with Crippen molar-refractivity contribution < 1.29 is 27.8 Å². The zero-order valence-corrected chi connectivity index (χ0v) is 17.2. The molecule has 1 unspecified atom stereocenters. The van der Waals surface area contributed by atoms with Crippen LogP contribution in [-0.4, -0.2) is 55.6 Å². The third-order valence-electron chi connectivity index (χ3n) is 7.10. The molecule has 4 N–H and O–H groups in total. The minimum absolute atomic E-state index is 0.00441. The molecule has 2 aliphatic carbocycles. The Morgan fingerprint density at radius 1 is 1.29 bits per heavy atom. The van der Waals surface area contributed by atoms with E-state index >= 15 is 0 Å². The second kappa shape index (κ2) is 6.75. The summed E-state index contributed by atoms with van der Waals surface area (Å²) in [5.41, 5.74) is 10.3. The first-order chi connectivity index (χ1) is 14.6. The summed E-state index contributed by atoms with van der Waals surface area (Å²) in [7, 11) is 0. The highest BCUT2D eigenvalue weighted by Crippen LogP contribution is 2.65. The fraction of sp³-hybridized carbons (Fsp3) is 0.667. The quantitative estimate of drug-likeness (QED) is 0.635. The molecule has 1 aromatic rings. The standard InChI is InChI=1S/C21H26F2N4O4/c22-21(23)8-20(21)3-4-27(9-20)14-5-13(19(6-15(24)28)10-30-11-19)16(17(25)29)26-18(14)31-7-12-1-2-12/h5,12H,1-4,6-11H2,(H2,24,28)(H2,25,29). The summed E-state index contributed by atoms with van der Waals surface area (Å²) in [6, 6.07) is 1.72. The van der Waals surface area contributed by atoms with E-state index in [0.29, 0.717) is 36.7 Å². The summed E-state index contributed by atoms with van der Waals surface area (Å²) in [5, 5.41) is 0. The number of hydrogen-bond donors (Lipinski definition) is 2. The monoisotopic (exact) mass is 436 g/mol. The van der Waals surface area contributed by atoms with Crippen LogP contribution in [0.2, 0.25) is 0 Å². The maximum atomic E-state index is 14.0. The molecule has 1 aromatic heterocycles. The minimum atomic E-state index is -2.66. The number of ether oxygens (including phenoxy) is 2. The van der Waals surface area contributed by atoms with Crippen LogP contribution in [0.5, 0.6) is 5.88 Å². The van der Waals surface area contributed by atoms with Crippen molar-refractivity contribution >= 4 is 17.5 Å². The van der Waals surface area contributed by atoms with Crippen LogP contribution >= 0.6 is 0 Å². The number of halogens is 2. The zero-order chi connectivity index (χ0) is 22.0. The summed E-state index contributed by atoms with van der Waals surface area (Å²) in [6.07, 6.45) is 2.36. The number of carbonyl (C=O) groups excluding carboxylic acids is 2. The van der Waals surface area contributed by atoms with Crippen molar-refractivity contribution in [2.45, 2.75) is 43.4 Å². The van der Waals surface area contributed by atoms with Crippen molar-refractivity contribution in [3.63, 3.8) is 0 Å². The van der Waals surface area contributed by atoms with Crippen molar-refractivity contribution in [1.29, 1.82) is 0 Å². The maximum Gasteiger partial charge on any atom is 0.267 e. The lowest BCUT2D eigenvalue weighted by Crippen LogP contribution is -2.50. The number of pyridine rings is 1. The lowest BCUT2D eigenvalue weighted by molar-refractivity contribution is -0.126. The minimum Gasteiger partial charge on any atom is -0.476 e. The first-order valence-corrected chi connectivity index (χ1v) is 10.6. The van der Waals surface area contributed by atoms with Gasteiger partial charge in [-0.3, -0.25) is 9.59 Å². The molecule has 0 radical (unpaired) electrons. The molecule has 0 bridgehead atoms. The van der Waals surface area contributed by atoms with Crippen molar-refractivity contribution in [3.05, 3.63) is 17.3 Å². The normalized spacial score (nSPS) is 27.7. The number of anilines is 1. The Kier molecular flexibility index (Phi) is 4.45. The number of primary amides is 2. The van der Waals surface area contributed by atoms with Crippen molar-refractivity contribution in [2.75, 3.05) is 37.8 Å². The molecular weight excluding hydrogens is 410 g/mol. The van der Waals surface area contributed by atoms with Gasteiger partial charge in [-0.05, 0) is 36.8 Å². The molecule has 10 heteroatoms. The average Bonchev–Trinajstić information content (AvgIpc) is 3.53. The fourth-order valence-electron chi connectivity index (χ4n) is 4.83. The lowest BCUT2D eigenvalue weighted by Gasteiger charge is -2.42. The Morgan fingerprint density at radius 2 is 2.00 bits per heavy atom. The topological polar surface area (TPSA) is 121 Å². The Balaban J connectivity index is 1.55. The molecule has 1 spiro atoms. The lowest BCUT2D eigenvalue weighted by atomic mass is 9.74. The van der Waals surface area contributed by atoms with E-state index in [1.807, 2.05) is 4.90 Å². The molecule has 31 heavy (non-hydrogen) atoms. The Labute approximate surface area is 178 Å². The molecule has 3 heterocycles. The highest BCUT2D eigenvalue weighted by Gasteiger charge is 2.72. The number of rotatable bonds is 8. The smallest absolute Gasteiger partial charge is 0.267 e. The first kappa shape index (κ1) is 20.4. The first-order valence-electron chi connectivity index (χ1n) is 10.6. The predicted molar refractivity (Wildman–Crippen MR) is 106 cm³/mol. The number of nitrogens with zero attached hydrogens (tertiary/aromatic N) is 2. The van der Waals surface area contributed by atoms with Crippen LogP contribution in [0, 0.1) is 11.3 Å². The van der Waals surface area contributed by atoms with Crippen molar-refractivity contribution in [1.82, 2.24) is 4.98 Å². The van der Waals surface area contributed by atoms with E-state index in [0.717, 1.165) is 12.8 Å². The summed E-state index contributed by atoms with van der Waals surface area (Å²) < 4.78 is 39.3. The molecule has 2 aliphatic heterocycles. The zero-order valence-electron chi connectivity index (χ0n) is 17.2. The molecule has 4 fully saturated rings. The van der Waals surface area contributed by atoms with Gasteiger partial charge in [-0.15, -0.1) is 0 Å². The molecule has 2 saturated heterocycles. The summed E-state index contributed by atoms with van der Waals surface area (Å²) in [5.74, 6) is -3.28. The number of amides is 2. The summed E-state index contributed by atoms with van der Waals surface area (Å²) in [6.45, 7) is 1.47. The number of aromatic nitrogens is 1. The third kappa shape index (κ3) is 3.40. The molecule has 4 aliphatic rings. The second-order valence-electron chi connectivity index (χ2n) is 9.58. The van der Waals surface area contributed by atoms with Gasteiger partial charge >= 0.3 is 0 Å². The molecule has 168 valence electrons. The van der Waals surface area contributed by atoms with Crippen LogP contribution in [0.3, 0.4) is 0 Å². The number of nitrogens with two attached hydrogens (primary N) is 2. The van der Waals surface area contributed by atoms with E-state index in [9.17, 15) is 18.4 Å².